The maximum atomic E-state index is 12.0. The highest BCUT2D eigenvalue weighted by molar-refractivity contribution is 5.93. The van der Waals surface area contributed by atoms with Crippen molar-refractivity contribution in [2.45, 2.75) is 46.2 Å². The molecule has 1 N–H and O–H groups in total. The molecule has 0 unspecified atom stereocenters. The first-order valence-corrected chi connectivity index (χ1v) is 9.17. The molecule has 0 saturated heterocycles. The lowest BCUT2D eigenvalue weighted by Gasteiger charge is -2.46. The second-order valence-corrected chi connectivity index (χ2v) is 7.64. The number of nitrogens with one attached hydrogen (secondary N) is 1. The van der Waals surface area contributed by atoms with Crippen LogP contribution in [-0.2, 0) is 0 Å². The average molecular weight is 362 g/mol. The molecule has 5 heteroatoms. The summed E-state index contributed by atoms with van der Waals surface area (Å²) in [5, 5.41) is 4.08. The lowest BCUT2D eigenvalue weighted by Crippen LogP contribution is -2.49. The number of carbonyl (C=O) groups excluding carboxylic acids is 1. The maximum Gasteiger partial charge on any atom is 0.289 e. The van der Waals surface area contributed by atoms with Gasteiger partial charge in [0.1, 0.15) is 5.69 Å². The van der Waals surface area contributed by atoms with Gasteiger partial charge in [-0.3, -0.25) is 9.78 Å². The van der Waals surface area contributed by atoms with E-state index in [1.165, 1.54) is 16.8 Å². The van der Waals surface area contributed by atoms with E-state index >= 15 is 0 Å². The number of hydrogen-bond donors (Lipinski definition) is 1. The number of amides is 1. The highest BCUT2D eigenvalue weighted by atomic mass is 16.2. The molecule has 1 aromatic heterocycles. The molecule has 0 fully saturated rings. The van der Waals surface area contributed by atoms with Crippen molar-refractivity contribution < 1.29 is 4.79 Å². The maximum absolute atomic E-state index is 12.0. The summed E-state index contributed by atoms with van der Waals surface area (Å²) in [5.41, 5.74) is 7.44. The summed E-state index contributed by atoms with van der Waals surface area (Å²) in [7, 11) is 0. The molecule has 2 aromatic rings. The van der Waals surface area contributed by atoms with Crippen LogP contribution in [0.3, 0.4) is 0 Å². The molecule has 1 aromatic carbocycles. The van der Waals surface area contributed by atoms with Crippen molar-refractivity contribution >= 4 is 23.4 Å². The number of aromatic nitrogens is 1. The third-order valence-corrected chi connectivity index (χ3v) is 4.69. The molecule has 140 valence electrons. The number of carbonyl (C=O) groups is 1. The molecule has 1 aliphatic rings. The van der Waals surface area contributed by atoms with Gasteiger partial charge in [-0.25, -0.2) is 5.43 Å². The fourth-order valence-corrected chi connectivity index (χ4v) is 3.81. The number of rotatable bonds is 4. The fraction of sp³-hybridized carbons (Fsp3) is 0.318. The summed E-state index contributed by atoms with van der Waals surface area (Å²) in [4.78, 5) is 18.4. The molecule has 0 spiro atoms. The average Bonchev–Trinajstić information content (AvgIpc) is 2.61. The zero-order valence-electron chi connectivity index (χ0n) is 16.5. The smallest absolute Gasteiger partial charge is 0.289 e. The third kappa shape index (κ3) is 3.92. The monoisotopic (exact) mass is 362 g/mol. The second kappa shape index (κ2) is 7.35. The Hall–Kier alpha value is -2.95. The van der Waals surface area contributed by atoms with Crippen LogP contribution in [0.2, 0.25) is 0 Å². The molecule has 0 saturated carbocycles. The van der Waals surface area contributed by atoms with Gasteiger partial charge >= 0.3 is 0 Å². The Labute approximate surface area is 160 Å². The summed E-state index contributed by atoms with van der Waals surface area (Å²) < 4.78 is 0. The van der Waals surface area contributed by atoms with E-state index in [0.717, 1.165) is 5.56 Å². The Balaban J connectivity index is 1.82. The van der Waals surface area contributed by atoms with Crippen LogP contribution in [0, 0.1) is 0 Å². The molecular formula is C22H26N4O. The molecule has 0 radical (unpaired) electrons. The fourth-order valence-electron chi connectivity index (χ4n) is 3.81. The third-order valence-electron chi connectivity index (χ3n) is 4.69. The van der Waals surface area contributed by atoms with Gasteiger partial charge in [-0.2, -0.15) is 5.10 Å². The SMILES string of the molecule is CC1=CC(C)(C)N(C(C)C)c2ccc(/C=N/NC(=O)c3ccccn3)cc21. The first-order valence-electron chi connectivity index (χ1n) is 9.17. The van der Waals surface area contributed by atoms with Crippen LogP contribution in [0.5, 0.6) is 0 Å². The van der Waals surface area contributed by atoms with Gasteiger partial charge in [0.25, 0.3) is 5.91 Å². The van der Waals surface area contributed by atoms with E-state index in [1.54, 1.807) is 30.6 Å². The van der Waals surface area contributed by atoms with Gasteiger partial charge in [-0.05, 0) is 70.0 Å². The number of pyridine rings is 1. The van der Waals surface area contributed by atoms with Crippen LogP contribution in [0.15, 0.2) is 53.8 Å². The highest BCUT2D eigenvalue weighted by Gasteiger charge is 2.32. The first kappa shape index (κ1) is 18.8. The molecule has 5 nitrogen and oxygen atoms in total. The Bertz CT molecular complexity index is 898. The molecule has 0 bridgehead atoms. The van der Waals surface area contributed by atoms with E-state index in [1.807, 2.05) is 6.07 Å². The van der Waals surface area contributed by atoms with Crippen LogP contribution in [0.1, 0.15) is 56.2 Å². The van der Waals surface area contributed by atoms with Crippen molar-refractivity contribution in [1.82, 2.24) is 10.4 Å². The van der Waals surface area contributed by atoms with Gasteiger partial charge in [-0.15, -0.1) is 0 Å². The zero-order valence-corrected chi connectivity index (χ0v) is 16.5. The highest BCUT2D eigenvalue weighted by Crippen LogP contribution is 2.40. The zero-order chi connectivity index (χ0) is 19.6. The molecule has 0 atom stereocenters. The molecule has 1 aliphatic heterocycles. The van der Waals surface area contributed by atoms with Crippen LogP contribution in [0.25, 0.3) is 5.57 Å². The summed E-state index contributed by atoms with van der Waals surface area (Å²) in [6.07, 6.45) is 5.55. The summed E-state index contributed by atoms with van der Waals surface area (Å²) in [6.45, 7) is 11.0. The van der Waals surface area contributed by atoms with Gasteiger partial charge < -0.3 is 4.90 Å². The molecule has 2 heterocycles. The van der Waals surface area contributed by atoms with Gasteiger partial charge in [0.15, 0.2) is 0 Å². The summed E-state index contributed by atoms with van der Waals surface area (Å²) in [6, 6.07) is 11.9. The Morgan fingerprint density at radius 3 is 2.70 bits per heavy atom. The Kier molecular flexibility index (Phi) is 5.13. The first-order chi connectivity index (χ1) is 12.8. The minimum absolute atomic E-state index is 0.0302. The van der Waals surface area contributed by atoms with Gasteiger partial charge in [0.2, 0.25) is 0 Å². The van der Waals surface area contributed by atoms with Gasteiger partial charge in [0.05, 0.1) is 11.8 Å². The van der Waals surface area contributed by atoms with Crippen LogP contribution in [0.4, 0.5) is 5.69 Å². The molecular weight excluding hydrogens is 336 g/mol. The van der Waals surface area contributed by atoms with Crippen LogP contribution >= 0.6 is 0 Å². The van der Waals surface area contributed by atoms with Crippen molar-refractivity contribution in [1.29, 1.82) is 0 Å². The minimum Gasteiger partial charge on any atom is -0.360 e. The number of fused-ring (bicyclic) bond motifs is 1. The summed E-state index contributed by atoms with van der Waals surface area (Å²) in [5.74, 6) is -0.325. The number of anilines is 1. The lowest BCUT2D eigenvalue weighted by atomic mass is 9.87. The number of hydrogen-bond acceptors (Lipinski definition) is 4. The molecule has 0 aliphatic carbocycles. The van der Waals surface area contributed by atoms with E-state index in [9.17, 15) is 4.79 Å². The topological polar surface area (TPSA) is 57.6 Å². The normalized spacial score (nSPS) is 15.6. The number of hydrazone groups is 1. The quantitative estimate of drug-likeness (QED) is 0.653. The lowest BCUT2D eigenvalue weighted by molar-refractivity contribution is 0.0950. The van der Waals surface area contributed by atoms with Crippen molar-refractivity contribution in [3.05, 3.63) is 65.5 Å². The van der Waals surface area contributed by atoms with E-state index in [-0.39, 0.29) is 11.4 Å². The van der Waals surface area contributed by atoms with Crippen molar-refractivity contribution in [2.24, 2.45) is 5.10 Å². The predicted molar refractivity (Wildman–Crippen MR) is 111 cm³/mol. The number of nitrogens with zero attached hydrogens (tertiary/aromatic N) is 3. The predicted octanol–water partition coefficient (Wildman–Crippen LogP) is 4.26. The van der Waals surface area contributed by atoms with Crippen LogP contribution < -0.4 is 10.3 Å². The van der Waals surface area contributed by atoms with Gasteiger partial charge in [0, 0.05) is 23.5 Å². The van der Waals surface area contributed by atoms with Crippen LogP contribution in [-0.4, -0.2) is 28.7 Å². The minimum atomic E-state index is -0.325. The largest absolute Gasteiger partial charge is 0.360 e. The Morgan fingerprint density at radius 1 is 1.26 bits per heavy atom. The molecule has 3 rings (SSSR count). The molecule has 1 amide bonds. The standard InChI is InChI=1S/C22H26N4O/c1-15(2)26-20-10-9-17(12-18(20)16(3)13-22(26,4)5)14-24-25-21(27)19-8-6-7-11-23-19/h6-15H,1-5H3,(H,25,27)/b24-14+. The van der Waals surface area contributed by atoms with Crippen molar-refractivity contribution in [3.63, 3.8) is 0 Å². The van der Waals surface area contributed by atoms with E-state index in [4.69, 9.17) is 0 Å². The van der Waals surface area contributed by atoms with Crippen molar-refractivity contribution in [3.8, 4) is 0 Å². The summed E-state index contributed by atoms with van der Waals surface area (Å²) >= 11 is 0. The van der Waals surface area contributed by atoms with Gasteiger partial charge in [-0.1, -0.05) is 18.2 Å². The second-order valence-electron chi connectivity index (χ2n) is 7.64. The van der Waals surface area contributed by atoms with E-state index in [2.05, 4.69) is 73.2 Å². The number of allylic oxidation sites excluding steroid dienone is 1. The van der Waals surface area contributed by atoms with E-state index in [0.29, 0.717) is 11.7 Å². The molecule has 27 heavy (non-hydrogen) atoms. The van der Waals surface area contributed by atoms with E-state index < -0.39 is 0 Å². The Morgan fingerprint density at radius 2 is 2.04 bits per heavy atom. The van der Waals surface area contributed by atoms with Crippen molar-refractivity contribution in [2.75, 3.05) is 4.90 Å². The number of benzene rings is 1.